The fourth-order valence-corrected chi connectivity index (χ4v) is 2.45. The molecule has 1 aliphatic heterocycles. The van der Waals surface area contributed by atoms with Crippen LogP contribution in [0.1, 0.15) is 18.9 Å². The van der Waals surface area contributed by atoms with Crippen LogP contribution in [-0.2, 0) is 16.0 Å². The summed E-state index contributed by atoms with van der Waals surface area (Å²) >= 11 is 0. The van der Waals surface area contributed by atoms with Gasteiger partial charge in [-0.25, -0.2) is 0 Å². The molecular formula is C15H22N2O2. The number of ether oxygens (including phenoxy) is 1. The third-order valence-electron chi connectivity index (χ3n) is 3.60. The zero-order chi connectivity index (χ0) is 13.7. The highest BCUT2D eigenvalue weighted by Crippen LogP contribution is 2.13. The molecule has 1 aliphatic rings. The summed E-state index contributed by atoms with van der Waals surface area (Å²) in [4.78, 5) is 14.3. The number of nitrogens with two attached hydrogens (primary N) is 1. The number of carbonyl (C=O) groups is 1. The summed E-state index contributed by atoms with van der Waals surface area (Å²) in [6.45, 7) is 3.96. The highest BCUT2D eigenvalue weighted by Gasteiger charge is 2.29. The van der Waals surface area contributed by atoms with E-state index in [0.717, 1.165) is 12.0 Å². The maximum absolute atomic E-state index is 12.4. The fraction of sp³-hybridized carbons (Fsp3) is 0.533. The maximum atomic E-state index is 12.4. The highest BCUT2D eigenvalue weighted by atomic mass is 16.5. The van der Waals surface area contributed by atoms with Gasteiger partial charge in [0, 0.05) is 6.54 Å². The summed E-state index contributed by atoms with van der Waals surface area (Å²) < 4.78 is 5.42. The van der Waals surface area contributed by atoms with Gasteiger partial charge < -0.3 is 15.4 Å². The second kappa shape index (κ2) is 6.68. The van der Waals surface area contributed by atoms with Crippen LogP contribution < -0.4 is 5.73 Å². The van der Waals surface area contributed by atoms with Crippen molar-refractivity contribution in [3.8, 4) is 0 Å². The molecule has 19 heavy (non-hydrogen) atoms. The van der Waals surface area contributed by atoms with Crippen LogP contribution in [0.4, 0.5) is 0 Å². The third kappa shape index (κ3) is 3.55. The normalized spacial score (nSPS) is 21.2. The largest absolute Gasteiger partial charge is 0.377 e. The minimum atomic E-state index is -0.463. The third-order valence-corrected chi connectivity index (χ3v) is 3.60. The summed E-state index contributed by atoms with van der Waals surface area (Å²) in [5, 5.41) is 0. The molecule has 1 saturated heterocycles. The number of carbonyl (C=O) groups excluding carboxylic acids is 1. The molecule has 1 aromatic rings. The molecule has 2 rings (SSSR count). The number of hydrogen-bond donors (Lipinski definition) is 1. The van der Waals surface area contributed by atoms with E-state index in [1.54, 1.807) is 0 Å². The molecule has 4 heteroatoms. The second-order valence-corrected chi connectivity index (χ2v) is 4.96. The molecule has 0 bridgehead atoms. The van der Waals surface area contributed by atoms with Gasteiger partial charge in [0.05, 0.1) is 25.3 Å². The van der Waals surface area contributed by atoms with Crippen LogP contribution in [-0.4, -0.2) is 42.6 Å². The molecule has 104 valence electrons. The van der Waals surface area contributed by atoms with Crippen molar-refractivity contribution in [1.29, 1.82) is 0 Å². The van der Waals surface area contributed by atoms with Crippen LogP contribution in [0.2, 0.25) is 0 Å². The van der Waals surface area contributed by atoms with E-state index in [0.29, 0.717) is 26.2 Å². The van der Waals surface area contributed by atoms with Crippen LogP contribution in [0.15, 0.2) is 30.3 Å². The molecule has 0 aromatic heterocycles. The average Bonchev–Trinajstić information content (AvgIpc) is 2.47. The van der Waals surface area contributed by atoms with E-state index in [1.807, 2.05) is 35.2 Å². The monoisotopic (exact) mass is 262 g/mol. The van der Waals surface area contributed by atoms with Crippen LogP contribution in [0.3, 0.4) is 0 Å². The van der Waals surface area contributed by atoms with Crippen molar-refractivity contribution in [3.05, 3.63) is 35.9 Å². The molecule has 0 spiro atoms. The standard InChI is InChI=1S/C15H22N2O2/c1-2-13-11-19-9-8-17(13)15(18)14(16)10-12-6-4-3-5-7-12/h3-7,13-14H,2,8-11,16H2,1H3/t13?,14-/m1/s1. The van der Waals surface area contributed by atoms with E-state index in [4.69, 9.17) is 10.5 Å². The van der Waals surface area contributed by atoms with Crippen LogP contribution >= 0.6 is 0 Å². The lowest BCUT2D eigenvalue weighted by molar-refractivity contribution is -0.141. The van der Waals surface area contributed by atoms with E-state index in [2.05, 4.69) is 6.92 Å². The van der Waals surface area contributed by atoms with E-state index >= 15 is 0 Å². The van der Waals surface area contributed by atoms with Crippen molar-refractivity contribution in [2.24, 2.45) is 5.73 Å². The van der Waals surface area contributed by atoms with Gasteiger partial charge in [-0.05, 0) is 18.4 Å². The van der Waals surface area contributed by atoms with Gasteiger partial charge in [-0.15, -0.1) is 0 Å². The summed E-state index contributed by atoms with van der Waals surface area (Å²) in [5.41, 5.74) is 7.17. The van der Waals surface area contributed by atoms with Crippen molar-refractivity contribution >= 4 is 5.91 Å². The molecule has 4 nitrogen and oxygen atoms in total. The van der Waals surface area contributed by atoms with Crippen molar-refractivity contribution in [3.63, 3.8) is 0 Å². The zero-order valence-corrected chi connectivity index (χ0v) is 11.4. The first-order valence-corrected chi connectivity index (χ1v) is 6.90. The number of morpholine rings is 1. The van der Waals surface area contributed by atoms with Gasteiger partial charge in [0.15, 0.2) is 0 Å². The Morgan fingerprint density at radius 3 is 2.89 bits per heavy atom. The van der Waals surface area contributed by atoms with Crippen LogP contribution in [0, 0.1) is 0 Å². The molecule has 1 aromatic carbocycles. The van der Waals surface area contributed by atoms with E-state index in [-0.39, 0.29) is 11.9 Å². The number of benzene rings is 1. The number of amides is 1. The minimum Gasteiger partial charge on any atom is -0.377 e. The molecule has 1 fully saturated rings. The predicted octanol–water partition coefficient (Wildman–Crippen LogP) is 1.19. The lowest BCUT2D eigenvalue weighted by Crippen LogP contribution is -2.54. The van der Waals surface area contributed by atoms with Crippen LogP contribution in [0.25, 0.3) is 0 Å². The van der Waals surface area contributed by atoms with Gasteiger partial charge >= 0.3 is 0 Å². The molecular weight excluding hydrogens is 240 g/mol. The first kappa shape index (κ1) is 14.0. The topological polar surface area (TPSA) is 55.6 Å². The first-order chi connectivity index (χ1) is 9.22. The SMILES string of the molecule is CCC1COCCN1C(=O)[C@H](N)Cc1ccccc1. The fourth-order valence-electron chi connectivity index (χ4n) is 2.45. The maximum Gasteiger partial charge on any atom is 0.240 e. The molecule has 2 N–H and O–H groups in total. The van der Waals surface area contributed by atoms with Crippen molar-refractivity contribution in [1.82, 2.24) is 4.90 Å². The van der Waals surface area contributed by atoms with Gasteiger partial charge in [0.2, 0.25) is 5.91 Å². The van der Waals surface area contributed by atoms with Gasteiger partial charge in [-0.2, -0.15) is 0 Å². The molecule has 0 aliphatic carbocycles. The highest BCUT2D eigenvalue weighted by molar-refractivity contribution is 5.82. The molecule has 2 atom stereocenters. The summed E-state index contributed by atoms with van der Waals surface area (Å²) in [6.07, 6.45) is 1.50. The summed E-state index contributed by atoms with van der Waals surface area (Å²) in [5.74, 6) is 0.0407. The predicted molar refractivity (Wildman–Crippen MR) is 74.7 cm³/mol. The average molecular weight is 262 g/mol. The van der Waals surface area contributed by atoms with E-state index < -0.39 is 6.04 Å². The van der Waals surface area contributed by atoms with E-state index in [1.165, 1.54) is 0 Å². The Bertz CT molecular complexity index is 408. The molecule has 1 amide bonds. The van der Waals surface area contributed by atoms with Gasteiger partial charge in [-0.3, -0.25) is 4.79 Å². The second-order valence-electron chi connectivity index (χ2n) is 4.96. The smallest absolute Gasteiger partial charge is 0.240 e. The lowest BCUT2D eigenvalue weighted by Gasteiger charge is -2.36. The molecule has 1 heterocycles. The quantitative estimate of drug-likeness (QED) is 0.887. The number of hydrogen-bond acceptors (Lipinski definition) is 3. The zero-order valence-electron chi connectivity index (χ0n) is 11.4. The molecule has 1 unspecified atom stereocenters. The first-order valence-electron chi connectivity index (χ1n) is 6.90. The molecule has 0 radical (unpaired) electrons. The Labute approximate surface area is 114 Å². The van der Waals surface area contributed by atoms with Crippen molar-refractivity contribution in [2.75, 3.05) is 19.8 Å². The van der Waals surface area contributed by atoms with Crippen molar-refractivity contribution in [2.45, 2.75) is 31.8 Å². The number of rotatable bonds is 4. The minimum absolute atomic E-state index is 0.0407. The van der Waals surface area contributed by atoms with Gasteiger partial charge in [0.1, 0.15) is 0 Å². The van der Waals surface area contributed by atoms with Crippen molar-refractivity contribution < 1.29 is 9.53 Å². The summed E-state index contributed by atoms with van der Waals surface area (Å²) in [6, 6.07) is 9.61. The summed E-state index contributed by atoms with van der Waals surface area (Å²) in [7, 11) is 0. The van der Waals surface area contributed by atoms with E-state index in [9.17, 15) is 4.79 Å². The number of nitrogens with zero attached hydrogens (tertiary/aromatic N) is 1. The Balaban J connectivity index is 1.98. The van der Waals surface area contributed by atoms with Gasteiger partial charge in [0.25, 0.3) is 0 Å². The lowest BCUT2D eigenvalue weighted by atomic mass is 10.0. The van der Waals surface area contributed by atoms with Crippen LogP contribution in [0.5, 0.6) is 0 Å². The van der Waals surface area contributed by atoms with Gasteiger partial charge in [-0.1, -0.05) is 37.3 Å². The Morgan fingerprint density at radius 2 is 2.21 bits per heavy atom. The molecule has 0 saturated carbocycles. The Kier molecular flexibility index (Phi) is 4.93. The Morgan fingerprint density at radius 1 is 1.47 bits per heavy atom. The Hall–Kier alpha value is -1.39.